The Kier molecular flexibility index (Phi) is 4.76. The van der Waals surface area contributed by atoms with Gasteiger partial charge in [-0.3, -0.25) is 4.79 Å². The van der Waals surface area contributed by atoms with Gasteiger partial charge >= 0.3 is 0 Å². The summed E-state index contributed by atoms with van der Waals surface area (Å²) in [6, 6.07) is 15.3. The van der Waals surface area contributed by atoms with Gasteiger partial charge in [-0.25, -0.2) is 4.98 Å². The van der Waals surface area contributed by atoms with E-state index >= 15 is 0 Å². The molecule has 1 atom stereocenters. The zero-order valence-corrected chi connectivity index (χ0v) is 14.6. The van der Waals surface area contributed by atoms with Crippen molar-refractivity contribution < 1.29 is 9.21 Å². The largest absolute Gasteiger partial charge is 0.431 e. The Labute approximate surface area is 145 Å². The van der Waals surface area contributed by atoms with Crippen LogP contribution >= 0.6 is 11.8 Å². The monoisotopic (exact) mass is 341 g/mol. The van der Waals surface area contributed by atoms with Crippen molar-refractivity contribution in [2.75, 3.05) is 24.3 Å². The van der Waals surface area contributed by atoms with Crippen LogP contribution in [0.2, 0.25) is 0 Å². The lowest BCUT2D eigenvalue weighted by molar-refractivity contribution is -0.115. The molecule has 1 unspecified atom stereocenters. The SMILES string of the molecule is CC(Sc1nc2ccccc2o1)C(=O)Nc1ccc(N(C)C)cc1. The van der Waals surface area contributed by atoms with Gasteiger partial charge in [-0.1, -0.05) is 23.9 Å². The Morgan fingerprint density at radius 1 is 1.17 bits per heavy atom. The van der Waals surface area contributed by atoms with Crippen LogP contribution in [-0.2, 0) is 4.79 Å². The highest BCUT2D eigenvalue weighted by Gasteiger charge is 2.18. The molecule has 0 radical (unpaired) electrons. The first-order valence-corrected chi connectivity index (χ1v) is 8.51. The minimum Gasteiger partial charge on any atom is -0.431 e. The summed E-state index contributed by atoms with van der Waals surface area (Å²) in [5.41, 5.74) is 3.39. The number of carbonyl (C=O) groups is 1. The van der Waals surface area contributed by atoms with E-state index in [1.165, 1.54) is 11.8 Å². The molecule has 0 aliphatic rings. The summed E-state index contributed by atoms with van der Waals surface area (Å²) in [6.45, 7) is 1.84. The fourth-order valence-corrected chi connectivity index (χ4v) is 2.95. The lowest BCUT2D eigenvalue weighted by atomic mass is 10.2. The summed E-state index contributed by atoms with van der Waals surface area (Å²) in [5, 5.41) is 3.10. The second-order valence-electron chi connectivity index (χ2n) is 5.64. The molecule has 0 aliphatic heterocycles. The maximum atomic E-state index is 12.3. The van der Waals surface area contributed by atoms with Gasteiger partial charge in [0.2, 0.25) is 5.91 Å². The molecule has 2 aromatic carbocycles. The number of carbonyl (C=O) groups excluding carboxylic acids is 1. The molecule has 0 saturated heterocycles. The molecule has 1 heterocycles. The van der Waals surface area contributed by atoms with Gasteiger partial charge in [0.1, 0.15) is 5.52 Å². The Bertz CT molecular complexity index is 810. The van der Waals surface area contributed by atoms with E-state index in [0.717, 1.165) is 22.5 Å². The van der Waals surface area contributed by atoms with E-state index in [4.69, 9.17) is 4.42 Å². The third kappa shape index (κ3) is 3.71. The topological polar surface area (TPSA) is 58.4 Å². The van der Waals surface area contributed by atoms with Gasteiger partial charge in [0, 0.05) is 25.5 Å². The van der Waals surface area contributed by atoms with E-state index in [-0.39, 0.29) is 11.2 Å². The third-order valence-corrected chi connectivity index (χ3v) is 4.52. The van der Waals surface area contributed by atoms with Crippen molar-refractivity contribution in [3.05, 3.63) is 48.5 Å². The Morgan fingerprint density at radius 2 is 1.88 bits per heavy atom. The molecule has 1 N–H and O–H groups in total. The molecule has 0 aliphatic carbocycles. The number of aromatic nitrogens is 1. The van der Waals surface area contributed by atoms with E-state index in [9.17, 15) is 4.79 Å². The second-order valence-corrected chi connectivity index (χ2v) is 6.93. The number of oxazole rings is 1. The van der Waals surface area contributed by atoms with Crippen molar-refractivity contribution in [1.29, 1.82) is 0 Å². The standard InChI is InChI=1S/C18H19N3O2S/c1-12(24-18-20-15-6-4-5-7-16(15)23-18)17(22)19-13-8-10-14(11-9-13)21(2)3/h4-12H,1-3H3,(H,19,22). The molecular formula is C18H19N3O2S. The molecule has 1 aromatic heterocycles. The van der Waals surface area contributed by atoms with Crippen LogP contribution in [0, 0.1) is 0 Å². The summed E-state index contributed by atoms with van der Waals surface area (Å²) >= 11 is 1.31. The molecule has 3 rings (SSSR count). The Hall–Kier alpha value is -2.47. The number of nitrogens with zero attached hydrogens (tertiary/aromatic N) is 2. The van der Waals surface area contributed by atoms with Crippen molar-refractivity contribution in [3.8, 4) is 0 Å². The normalized spacial score (nSPS) is 12.1. The fourth-order valence-electron chi connectivity index (χ4n) is 2.19. The van der Waals surface area contributed by atoms with Crippen LogP contribution in [0.5, 0.6) is 0 Å². The van der Waals surface area contributed by atoms with Crippen LogP contribution in [0.4, 0.5) is 11.4 Å². The summed E-state index contributed by atoms with van der Waals surface area (Å²) in [7, 11) is 3.96. The average molecular weight is 341 g/mol. The van der Waals surface area contributed by atoms with E-state index in [2.05, 4.69) is 10.3 Å². The van der Waals surface area contributed by atoms with Crippen LogP contribution in [0.25, 0.3) is 11.1 Å². The maximum Gasteiger partial charge on any atom is 0.257 e. The number of anilines is 2. The molecule has 6 heteroatoms. The summed E-state index contributed by atoms with van der Waals surface area (Å²) in [6.07, 6.45) is 0. The van der Waals surface area contributed by atoms with Gasteiger partial charge < -0.3 is 14.6 Å². The highest BCUT2D eigenvalue weighted by molar-refractivity contribution is 8.00. The van der Waals surface area contributed by atoms with Crippen LogP contribution in [0.1, 0.15) is 6.92 Å². The smallest absolute Gasteiger partial charge is 0.257 e. The van der Waals surface area contributed by atoms with Gasteiger partial charge in [-0.2, -0.15) is 0 Å². The number of nitrogens with one attached hydrogen (secondary N) is 1. The van der Waals surface area contributed by atoms with Crippen LogP contribution in [0.15, 0.2) is 58.2 Å². The van der Waals surface area contributed by atoms with Crippen molar-refractivity contribution >= 4 is 40.1 Å². The molecule has 3 aromatic rings. The fraction of sp³-hybridized carbons (Fsp3) is 0.222. The maximum absolute atomic E-state index is 12.3. The zero-order valence-electron chi connectivity index (χ0n) is 13.8. The molecule has 0 bridgehead atoms. The van der Waals surface area contributed by atoms with Crippen LogP contribution in [-0.4, -0.2) is 30.2 Å². The molecule has 0 fully saturated rings. The highest BCUT2D eigenvalue weighted by atomic mass is 32.2. The number of para-hydroxylation sites is 2. The minimum absolute atomic E-state index is 0.0835. The predicted octanol–water partition coefficient (Wildman–Crippen LogP) is 4.01. The number of benzene rings is 2. The number of thioether (sulfide) groups is 1. The van der Waals surface area contributed by atoms with Crippen molar-refractivity contribution in [2.45, 2.75) is 17.4 Å². The second kappa shape index (κ2) is 6.97. The predicted molar refractivity (Wildman–Crippen MR) is 98.7 cm³/mol. The molecule has 0 saturated carbocycles. The van der Waals surface area contributed by atoms with Gasteiger partial charge in [-0.05, 0) is 43.3 Å². The first-order chi connectivity index (χ1) is 11.5. The molecule has 0 spiro atoms. The van der Waals surface area contributed by atoms with Gasteiger partial charge in [-0.15, -0.1) is 0 Å². The third-order valence-electron chi connectivity index (χ3n) is 3.57. The Balaban J connectivity index is 1.63. The number of fused-ring (bicyclic) bond motifs is 1. The quantitative estimate of drug-likeness (QED) is 0.711. The van der Waals surface area contributed by atoms with E-state index in [0.29, 0.717) is 5.22 Å². The number of hydrogen-bond acceptors (Lipinski definition) is 5. The number of rotatable bonds is 5. The van der Waals surface area contributed by atoms with Gasteiger partial charge in [0.05, 0.1) is 5.25 Å². The van der Waals surface area contributed by atoms with Crippen LogP contribution in [0.3, 0.4) is 0 Å². The van der Waals surface area contributed by atoms with Crippen LogP contribution < -0.4 is 10.2 Å². The lowest BCUT2D eigenvalue weighted by Gasteiger charge is -2.14. The van der Waals surface area contributed by atoms with E-state index in [1.807, 2.05) is 74.4 Å². The first-order valence-electron chi connectivity index (χ1n) is 7.63. The Morgan fingerprint density at radius 3 is 2.54 bits per heavy atom. The van der Waals surface area contributed by atoms with Crippen molar-refractivity contribution in [3.63, 3.8) is 0 Å². The van der Waals surface area contributed by atoms with E-state index in [1.54, 1.807) is 0 Å². The van der Waals surface area contributed by atoms with Crippen molar-refractivity contribution in [1.82, 2.24) is 4.98 Å². The number of hydrogen-bond donors (Lipinski definition) is 1. The molecule has 1 amide bonds. The first kappa shape index (κ1) is 16.4. The van der Waals surface area contributed by atoms with Gasteiger partial charge in [0.15, 0.2) is 5.58 Å². The lowest BCUT2D eigenvalue weighted by Crippen LogP contribution is -2.22. The molecular weight excluding hydrogens is 322 g/mol. The van der Waals surface area contributed by atoms with Gasteiger partial charge in [0.25, 0.3) is 5.22 Å². The molecule has 5 nitrogen and oxygen atoms in total. The van der Waals surface area contributed by atoms with Crippen molar-refractivity contribution in [2.24, 2.45) is 0 Å². The average Bonchev–Trinajstić information content (AvgIpc) is 2.97. The zero-order chi connectivity index (χ0) is 17.1. The van der Waals surface area contributed by atoms with E-state index < -0.39 is 0 Å². The number of amides is 1. The molecule has 124 valence electrons. The highest BCUT2D eigenvalue weighted by Crippen LogP contribution is 2.27. The summed E-state index contributed by atoms with van der Waals surface area (Å²) < 4.78 is 5.65. The summed E-state index contributed by atoms with van der Waals surface area (Å²) in [5.74, 6) is -0.0835. The molecule has 24 heavy (non-hydrogen) atoms. The minimum atomic E-state index is -0.313. The summed E-state index contributed by atoms with van der Waals surface area (Å²) in [4.78, 5) is 18.7.